The molecule has 1 fully saturated rings. The second kappa shape index (κ2) is 24.6. The average molecular weight is 1140 g/mol. The highest BCUT2D eigenvalue weighted by molar-refractivity contribution is 7.17. The number of amides is 2. The Morgan fingerprint density at radius 3 is 2.05 bits per heavy atom. The minimum atomic E-state index is -5.08. The zero-order valence-corrected chi connectivity index (χ0v) is 45.1. The van der Waals surface area contributed by atoms with E-state index < -0.39 is 42.6 Å². The summed E-state index contributed by atoms with van der Waals surface area (Å²) in [5.41, 5.74) is 7.52. The maximum Gasteiger partial charge on any atom is 0.490 e. The third-order valence-corrected chi connectivity index (χ3v) is 14.8. The number of aliphatic carboxylic acids is 1. The van der Waals surface area contributed by atoms with E-state index in [1.54, 1.807) is 36.1 Å². The number of carboxylic acids is 1. The first-order valence-corrected chi connectivity index (χ1v) is 26.1. The van der Waals surface area contributed by atoms with Crippen molar-refractivity contribution in [1.29, 1.82) is 10.8 Å². The fourth-order valence-corrected chi connectivity index (χ4v) is 10.5. The lowest BCUT2D eigenvalue weighted by Crippen LogP contribution is -2.42. The monoisotopic (exact) mass is 1130 g/mol. The SMILES string of the molecule is CC(=N)N1C(=N)[C@H](CC(=O)NCc2ccc(CN3CCC(Cc4ccc(-n5c(C(=O)NCC(F)(F)F)nnc5-c5cc(C(C)C)c(O)cc5O)cc4)CC3)cc2)N=C(c2ccc(Cl)cc2)c2c1sc(C)c2C.O=C(O)C(F)(F)F. The molecule has 79 heavy (non-hydrogen) atoms. The molecule has 0 saturated carbocycles. The number of piperidine rings is 1. The van der Waals surface area contributed by atoms with E-state index in [0.29, 0.717) is 34.4 Å². The Hall–Kier alpha value is -7.63. The van der Waals surface area contributed by atoms with Gasteiger partial charge in [0.2, 0.25) is 11.7 Å². The summed E-state index contributed by atoms with van der Waals surface area (Å²) in [5.74, 6) is -4.45. The van der Waals surface area contributed by atoms with Crippen LogP contribution in [0.3, 0.4) is 0 Å². The van der Waals surface area contributed by atoms with Crippen LogP contribution >= 0.6 is 22.9 Å². The maximum absolute atomic E-state index is 13.5. The van der Waals surface area contributed by atoms with Crippen molar-refractivity contribution < 1.29 is 56.0 Å². The summed E-state index contributed by atoms with van der Waals surface area (Å²) in [4.78, 5) is 45.6. The summed E-state index contributed by atoms with van der Waals surface area (Å²) in [6, 6.07) is 24.7. The molecule has 16 nitrogen and oxygen atoms in total. The quantitative estimate of drug-likeness (QED) is 0.0310. The van der Waals surface area contributed by atoms with Crippen molar-refractivity contribution in [2.75, 3.05) is 24.5 Å². The number of carboxylic acid groups (broad SMARTS) is 1. The number of aromatic hydroxyl groups is 2. The van der Waals surface area contributed by atoms with Crippen LogP contribution in [0.1, 0.15) is 100 Å². The number of carbonyl (C=O) groups is 3. The van der Waals surface area contributed by atoms with Crippen LogP contribution < -0.4 is 15.5 Å². The minimum absolute atomic E-state index is 0.0209. The molecule has 0 aliphatic carbocycles. The number of fused-ring (bicyclic) bond motifs is 1. The van der Waals surface area contributed by atoms with Gasteiger partial charge in [-0.1, -0.05) is 74.0 Å². The van der Waals surface area contributed by atoms with E-state index in [1.165, 1.54) is 28.0 Å². The molecule has 1 atom stereocenters. The molecule has 0 unspecified atom stereocenters. The van der Waals surface area contributed by atoms with Crippen LogP contribution in [0.15, 0.2) is 89.9 Å². The number of rotatable bonds is 14. The molecule has 0 bridgehead atoms. The molecule has 7 N–H and O–H groups in total. The molecular weight excluding hydrogens is 1080 g/mol. The number of halogens is 7. The van der Waals surface area contributed by atoms with Gasteiger partial charge in [0.1, 0.15) is 40.8 Å². The number of amidine groups is 2. The highest BCUT2D eigenvalue weighted by atomic mass is 35.5. The van der Waals surface area contributed by atoms with E-state index in [4.69, 9.17) is 31.9 Å². The molecule has 8 rings (SSSR count). The van der Waals surface area contributed by atoms with E-state index in [2.05, 4.69) is 32.5 Å². The first-order chi connectivity index (χ1) is 37.2. The largest absolute Gasteiger partial charge is 0.508 e. The fourth-order valence-electron chi connectivity index (χ4n) is 9.16. The van der Waals surface area contributed by atoms with Gasteiger partial charge in [-0.15, -0.1) is 21.5 Å². The van der Waals surface area contributed by atoms with Gasteiger partial charge in [-0.05, 0) is 123 Å². The Morgan fingerprint density at radius 2 is 1.47 bits per heavy atom. The number of likely N-dealkylation sites (tertiary alicyclic amines) is 1. The van der Waals surface area contributed by atoms with Gasteiger partial charge in [-0.25, -0.2) is 4.79 Å². The third-order valence-electron chi connectivity index (χ3n) is 13.4. The summed E-state index contributed by atoms with van der Waals surface area (Å²) in [6.07, 6.45) is -7.06. The number of aliphatic imine (C=N–C) groups is 1. The van der Waals surface area contributed by atoms with Gasteiger partial charge in [0.25, 0.3) is 5.91 Å². The summed E-state index contributed by atoms with van der Waals surface area (Å²) in [7, 11) is 0. The van der Waals surface area contributed by atoms with Crippen molar-refractivity contribution in [2.24, 2.45) is 10.9 Å². The number of carbonyl (C=O) groups excluding carboxylic acids is 2. The normalized spacial score (nSPS) is 15.2. The molecule has 6 aromatic rings. The number of benzene rings is 4. The van der Waals surface area contributed by atoms with E-state index >= 15 is 0 Å². The summed E-state index contributed by atoms with van der Waals surface area (Å²) in [5, 5.41) is 60.6. The van der Waals surface area contributed by atoms with Crippen molar-refractivity contribution in [3.63, 3.8) is 0 Å². The fraction of sp³-hybridized carbons (Fsp3) is 0.345. The number of thiophene rings is 1. The number of anilines is 1. The molecule has 0 radical (unpaired) electrons. The number of aromatic nitrogens is 3. The topological polar surface area (TPSA) is 233 Å². The molecule has 1 saturated heterocycles. The molecule has 4 aromatic carbocycles. The predicted octanol–water partition coefficient (Wildman–Crippen LogP) is 10.9. The smallest absolute Gasteiger partial charge is 0.490 e. The van der Waals surface area contributed by atoms with Crippen molar-refractivity contribution in [3.05, 3.63) is 140 Å². The van der Waals surface area contributed by atoms with Gasteiger partial charge in [-0.3, -0.25) is 39.8 Å². The lowest BCUT2D eigenvalue weighted by molar-refractivity contribution is -0.192. The second-order valence-electron chi connectivity index (χ2n) is 19.5. The molecule has 0 spiro atoms. The van der Waals surface area contributed by atoms with E-state index in [-0.39, 0.29) is 52.8 Å². The Kier molecular flexibility index (Phi) is 18.4. The van der Waals surface area contributed by atoms with Crippen LogP contribution in [0, 0.1) is 30.6 Å². The van der Waals surface area contributed by atoms with Crippen LogP contribution in [0.4, 0.5) is 31.3 Å². The highest BCUT2D eigenvalue weighted by Crippen LogP contribution is 2.41. The Bertz CT molecular complexity index is 3260. The van der Waals surface area contributed by atoms with Crippen molar-refractivity contribution in [2.45, 2.75) is 97.7 Å². The summed E-state index contributed by atoms with van der Waals surface area (Å²) < 4.78 is 72.3. The molecule has 24 heteroatoms. The van der Waals surface area contributed by atoms with Crippen molar-refractivity contribution in [1.82, 2.24) is 30.3 Å². The number of phenols is 2. The zero-order valence-electron chi connectivity index (χ0n) is 43.5. The second-order valence-corrected chi connectivity index (χ2v) is 21.2. The molecule has 2 aliphatic heterocycles. The van der Waals surface area contributed by atoms with Gasteiger partial charge in [-0.2, -0.15) is 26.3 Å². The Labute approximate surface area is 459 Å². The molecule has 2 amide bonds. The van der Waals surface area contributed by atoms with Crippen LogP contribution in [-0.2, 0) is 29.1 Å². The van der Waals surface area contributed by atoms with Gasteiger partial charge >= 0.3 is 18.3 Å². The van der Waals surface area contributed by atoms with Crippen molar-refractivity contribution in [3.8, 4) is 28.6 Å². The molecule has 2 aromatic heterocycles. The number of nitrogens with zero attached hydrogens (tertiary/aromatic N) is 6. The van der Waals surface area contributed by atoms with E-state index in [0.717, 1.165) is 82.2 Å². The van der Waals surface area contributed by atoms with Gasteiger partial charge < -0.3 is 26.0 Å². The number of nitrogens with one attached hydrogen (secondary N) is 4. The summed E-state index contributed by atoms with van der Waals surface area (Å²) >= 11 is 7.74. The highest BCUT2D eigenvalue weighted by Gasteiger charge is 2.39. The zero-order chi connectivity index (χ0) is 57.7. The molecule has 2 aliphatic rings. The van der Waals surface area contributed by atoms with Crippen LogP contribution in [0.2, 0.25) is 5.02 Å². The molecule has 418 valence electrons. The third kappa shape index (κ3) is 14.5. The van der Waals surface area contributed by atoms with Crippen LogP contribution in [0.25, 0.3) is 17.1 Å². The van der Waals surface area contributed by atoms with E-state index in [9.17, 15) is 51.6 Å². The van der Waals surface area contributed by atoms with Crippen molar-refractivity contribution >= 4 is 63.1 Å². The van der Waals surface area contributed by atoms with Crippen LogP contribution in [-0.4, -0.2) is 108 Å². The van der Waals surface area contributed by atoms with Gasteiger partial charge in [0.15, 0.2) is 5.82 Å². The Morgan fingerprint density at radius 1 is 0.861 bits per heavy atom. The predicted molar refractivity (Wildman–Crippen MR) is 289 cm³/mol. The lowest BCUT2D eigenvalue weighted by atomic mass is 9.90. The number of hydrogen-bond donors (Lipinski definition) is 7. The van der Waals surface area contributed by atoms with Crippen LogP contribution in [0.5, 0.6) is 11.5 Å². The summed E-state index contributed by atoms with van der Waals surface area (Å²) in [6.45, 7) is 10.7. The molecule has 4 heterocycles. The number of alkyl halides is 6. The minimum Gasteiger partial charge on any atom is -0.508 e. The maximum atomic E-state index is 13.5. The molecular formula is C55H57ClF6N10O6S. The number of phenolic OH excluding ortho intramolecular Hbond substituents is 2. The standard InChI is InChI=1S/C53H56ClF3N10O4S.C2HF3O2/c1-29(2)40-23-41(44(69)25-43(40)68)49-63-64-50(51(71)61-28-53(55,56)57)67(49)39-16-10-33(11-17-39)22-34-18-20-65(21-19-34)27-36-8-6-35(7-9-36)26-60-45(70)24-42-48(59)66(32(5)58)52-46(30(3)31(4)72-52)47(62-42)37-12-14-38(54)15-13-37;3-2(4,5)1(6)7/h6-17,23,25,29,34,42,58-59,68-69H,18-22,24,26-28H2,1-5H3,(H,60,70)(H,61,71);(H,6,7)/t42-;/m0./s1. The average Bonchev–Trinajstić information content (AvgIpc) is 4.18. The first-order valence-electron chi connectivity index (χ1n) is 24.9. The number of hydrogen-bond acceptors (Lipinski definition) is 12. The van der Waals surface area contributed by atoms with Gasteiger partial charge in [0, 0.05) is 45.9 Å². The van der Waals surface area contributed by atoms with Gasteiger partial charge in [0.05, 0.1) is 17.7 Å². The van der Waals surface area contributed by atoms with E-state index in [1.807, 2.05) is 69.4 Å². The lowest BCUT2D eigenvalue weighted by Gasteiger charge is -2.32. The Balaban J connectivity index is 0.00000121. The number of aryl methyl sites for hydroxylation is 1. The first kappa shape index (κ1) is 59.0.